The molecule has 0 spiro atoms. The summed E-state index contributed by atoms with van der Waals surface area (Å²) in [5.41, 5.74) is 2.25. The molecule has 1 nitrogen and oxygen atoms in total. The fourth-order valence-corrected chi connectivity index (χ4v) is 2.82. The van der Waals surface area contributed by atoms with E-state index in [0.717, 1.165) is 17.7 Å². The summed E-state index contributed by atoms with van der Waals surface area (Å²) in [6, 6.07) is 6.37. The summed E-state index contributed by atoms with van der Waals surface area (Å²) >= 11 is 1.80. The molecule has 0 aliphatic carbocycles. The Hall–Kier alpha value is -0.760. The number of hydrogen-bond donors (Lipinski definition) is 0. The van der Waals surface area contributed by atoms with Crippen molar-refractivity contribution in [2.24, 2.45) is 0 Å². The van der Waals surface area contributed by atoms with E-state index in [2.05, 4.69) is 32.0 Å². The molecule has 1 atom stereocenters. The van der Waals surface area contributed by atoms with Gasteiger partial charge in [-0.1, -0.05) is 19.9 Å². The summed E-state index contributed by atoms with van der Waals surface area (Å²) in [7, 11) is 0. The summed E-state index contributed by atoms with van der Waals surface area (Å²) in [4.78, 5) is 12.9. The van der Waals surface area contributed by atoms with Crippen LogP contribution in [0.3, 0.4) is 0 Å². The smallest absolute Gasteiger partial charge is 0.164 e. The van der Waals surface area contributed by atoms with E-state index in [1.165, 1.54) is 10.5 Å². The Kier molecular flexibility index (Phi) is 3.15. The number of thioether (sulfide) groups is 1. The number of Topliss-reactive ketones (excluding diaryl/α,β-unsaturated/α-hetero) is 1. The Labute approximate surface area is 95.3 Å². The fourth-order valence-electron chi connectivity index (χ4n) is 1.82. The van der Waals surface area contributed by atoms with E-state index in [4.69, 9.17) is 0 Å². The highest BCUT2D eigenvalue weighted by Crippen LogP contribution is 2.32. The van der Waals surface area contributed by atoms with E-state index in [1.807, 2.05) is 0 Å². The monoisotopic (exact) mass is 220 g/mol. The third-order valence-corrected chi connectivity index (χ3v) is 4.15. The number of rotatable bonds is 2. The van der Waals surface area contributed by atoms with E-state index >= 15 is 0 Å². The highest BCUT2D eigenvalue weighted by molar-refractivity contribution is 7.99. The number of benzene rings is 1. The summed E-state index contributed by atoms with van der Waals surface area (Å²) in [5, 5.41) is 0. The second kappa shape index (κ2) is 4.40. The van der Waals surface area contributed by atoms with Crippen LogP contribution in [0.2, 0.25) is 0 Å². The summed E-state index contributed by atoms with van der Waals surface area (Å²) in [5.74, 6) is 1.80. The average Bonchev–Trinajstić information content (AvgIpc) is 2.28. The second-order valence-electron chi connectivity index (χ2n) is 4.09. The van der Waals surface area contributed by atoms with Crippen molar-refractivity contribution >= 4 is 17.5 Å². The Balaban J connectivity index is 2.39. The normalized spacial score (nSPS) is 17.3. The van der Waals surface area contributed by atoms with Crippen molar-refractivity contribution in [3.8, 4) is 0 Å². The molecule has 0 saturated carbocycles. The predicted octanol–water partition coefficient (Wildman–Crippen LogP) is 3.88. The molecule has 0 radical (unpaired) electrons. The van der Waals surface area contributed by atoms with Crippen LogP contribution < -0.4 is 0 Å². The maximum atomic E-state index is 11.7. The van der Waals surface area contributed by atoms with E-state index < -0.39 is 0 Å². The van der Waals surface area contributed by atoms with Crippen molar-refractivity contribution in [3.63, 3.8) is 0 Å². The SMILES string of the molecule is CC[C@@H](C)c1ccc2c(c1)C(=O)CCS2. The third-order valence-electron chi connectivity index (χ3n) is 3.07. The zero-order chi connectivity index (χ0) is 10.8. The lowest BCUT2D eigenvalue weighted by atomic mass is 9.95. The molecule has 0 amide bonds. The van der Waals surface area contributed by atoms with Crippen molar-refractivity contribution in [2.45, 2.75) is 37.5 Å². The van der Waals surface area contributed by atoms with Crippen molar-refractivity contribution in [1.29, 1.82) is 0 Å². The van der Waals surface area contributed by atoms with Gasteiger partial charge >= 0.3 is 0 Å². The van der Waals surface area contributed by atoms with E-state index in [-0.39, 0.29) is 0 Å². The van der Waals surface area contributed by atoms with Crippen LogP contribution in [0, 0.1) is 0 Å². The fraction of sp³-hybridized carbons (Fsp3) is 0.462. The Morgan fingerprint density at radius 2 is 2.27 bits per heavy atom. The van der Waals surface area contributed by atoms with Crippen molar-refractivity contribution in [3.05, 3.63) is 29.3 Å². The van der Waals surface area contributed by atoms with Gasteiger partial charge in [-0.15, -0.1) is 11.8 Å². The van der Waals surface area contributed by atoms with Crippen LogP contribution in [0.15, 0.2) is 23.1 Å². The molecule has 1 aliphatic heterocycles. The van der Waals surface area contributed by atoms with Crippen LogP contribution in [0.5, 0.6) is 0 Å². The molecule has 0 bridgehead atoms. The molecule has 1 aromatic rings. The minimum Gasteiger partial charge on any atom is -0.294 e. The van der Waals surface area contributed by atoms with E-state index in [9.17, 15) is 4.79 Å². The van der Waals surface area contributed by atoms with Gasteiger partial charge in [0.2, 0.25) is 0 Å². The van der Waals surface area contributed by atoms with Crippen LogP contribution in [-0.2, 0) is 0 Å². The molecule has 2 heteroatoms. The highest BCUT2D eigenvalue weighted by atomic mass is 32.2. The van der Waals surface area contributed by atoms with Gasteiger partial charge in [-0.3, -0.25) is 4.79 Å². The molecular weight excluding hydrogens is 204 g/mol. The van der Waals surface area contributed by atoms with Crippen molar-refractivity contribution < 1.29 is 4.79 Å². The molecule has 0 aromatic heterocycles. The van der Waals surface area contributed by atoms with Gasteiger partial charge in [-0.2, -0.15) is 0 Å². The molecule has 1 heterocycles. The highest BCUT2D eigenvalue weighted by Gasteiger charge is 2.18. The quantitative estimate of drug-likeness (QED) is 0.752. The van der Waals surface area contributed by atoms with Crippen LogP contribution in [0.4, 0.5) is 0 Å². The minimum absolute atomic E-state index is 0.314. The van der Waals surface area contributed by atoms with Crippen LogP contribution >= 0.6 is 11.8 Å². The molecule has 80 valence electrons. The van der Waals surface area contributed by atoms with Gasteiger partial charge in [0.25, 0.3) is 0 Å². The standard InChI is InChI=1S/C13H16OS/c1-3-9(2)10-4-5-13-11(8-10)12(14)6-7-15-13/h4-5,8-9H,3,6-7H2,1-2H3/t9-/m1/s1. The number of carbonyl (C=O) groups excluding carboxylic acids is 1. The maximum Gasteiger partial charge on any atom is 0.164 e. The van der Waals surface area contributed by atoms with Gasteiger partial charge in [0.15, 0.2) is 5.78 Å². The van der Waals surface area contributed by atoms with E-state index in [1.54, 1.807) is 11.8 Å². The topological polar surface area (TPSA) is 17.1 Å². The van der Waals surface area contributed by atoms with Crippen LogP contribution in [0.1, 0.15) is 48.5 Å². The zero-order valence-corrected chi connectivity index (χ0v) is 10.1. The Morgan fingerprint density at radius 1 is 1.47 bits per heavy atom. The lowest BCUT2D eigenvalue weighted by molar-refractivity contribution is 0.0984. The zero-order valence-electron chi connectivity index (χ0n) is 9.25. The van der Waals surface area contributed by atoms with E-state index in [0.29, 0.717) is 18.1 Å². The summed E-state index contributed by atoms with van der Waals surface area (Å²) in [6.45, 7) is 4.39. The number of ketones is 1. The Bertz CT molecular complexity index is 384. The largest absolute Gasteiger partial charge is 0.294 e. The molecule has 0 unspecified atom stereocenters. The molecule has 15 heavy (non-hydrogen) atoms. The lowest BCUT2D eigenvalue weighted by Crippen LogP contribution is -2.09. The molecule has 1 aliphatic rings. The first-order chi connectivity index (χ1) is 7.22. The molecule has 0 N–H and O–H groups in total. The summed E-state index contributed by atoms with van der Waals surface area (Å²) in [6.07, 6.45) is 1.82. The first-order valence-electron chi connectivity index (χ1n) is 5.52. The van der Waals surface area contributed by atoms with Crippen molar-refractivity contribution in [2.75, 3.05) is 5.75 Å². The van der Waals surface area contributed by atoms with Gasteiger partial charge in [0, 0.05) is 22.6 Å². The molecule has 1 aromatic carbocycles. The van der Waals surface area contributed by atoms with Gasteiger partial charge in [0.05, 0.1) is 0 Å². The number of hydrogen-bond acceptors (Lipinski definition) is 2. The maximum absolute atomic E-state index is 11.7. The second-order valence-corrected chi connectivity index (χ2v) is 5.22. The molecule has 0 saturated heterocycles. The molecular formula is C13H16OS. The molecule has 0 fully saturated rings. The third kappa shape index (κ3) is 2.10. The van der Waals surface area contributed by atoms with Gasteiger partial charge in [-0.05, 0) is 30.0 Å². The number of carbonyl (C=O) groups is 1. The van der Waals surface area contributed by atoms with Crippen LogP contribution in [0.25, 0.3) is 0 Å². The van der Waals surface area contributed by atoms with Gasteiger partial charge in [-0.25, -0.2) is 0 Å². The summed E-state index contributed by atoms with van der Waals surface area (Å²) < 4.78 is 0. The number of fused-ring (bicyclic) bond motifs is 1. The van der Waals surface area contributed by atoms with Crippen molar-refractivity contribution in [1.82, 2.24) is 0 Å². The first kappa shape index (κ1) is 10.7. The minimum atomic E-state index is 0.314. The van der Waals surface area contributed by atoms with Crippen LogP contribution in [-0.4, -0.2) is 11.5 Å². The predicted molar refractivity (Wildman–Crippen MR) is 64.8 cm³/mol. The van der Waals surface area contributed by atoms with Gasteiger partial charge < -0.3 is 0 Å². The lowest BCUT2D eigenvalue weighted by Gasteiger charge is -2.17. The average molecular weight is 220 g/mol. The molecule has 2 rings (SSSR count). The van der Waals surface area contributed by atoms with Gasteiger partial charge in [0.1, 0.15) is 0 Å². The first-order valence-corrected chi connectivity index (χ1v) is 6.51. The Morgan fingerprint density at radius 3 is 3.00 bits per heavy atom.